The maximum absolute atomic E-state index is 11.5. The number of hydrogen-bond donors (Lipinski definition) is 2. The minimum absolute atomic E-state index is 0.132. The topological polar surface area (TPSA) is 105 Å². The SMILES string of the molecule is O=C(O)C(Nc1cncc2nnnn12)C1CCCCC1. The van der Waals surface area contributed by atoms with E-state index in [0.717, 1.165) is 25.7 Å². The lowest BCUT2D eigenvalue weighted by Crippen LogP contribution is -2.38. The van der Waals surface area contributed by atoms with Gasteiger partial charge < -0.3 is 10.4 Å². The minimum atomic E-state index is -0.845. The first-order valence-electron chi connectivity index (χ1n) is 6.77. The number of carbonyl (C=O) groups is 1. The molecule has 0 saturated heterocycles. The molecule has 0 amide bonds. The van der Waals surface area contributed by atoms with Crippen LogP contribution in [0.1, 0.15) is 32.1 Å². The Morgan fingerprint density at radius 1 is 1.35 bits per heavy atom. The van der Waals surface area contributed by atoms with Crippen molar-refractivity contribution < 1.29 is 9.90 Å². The van der Waals surface area contributed by atoms with Crippen LogP contribution in [-0.2, 0) is 4.79 Å². The van der Waals surface area contributed by atoms with Crippen molar-refractivity contribution in [3.63, 3.8) is 0 Å². The predicted molar refractivity (Wildman–Crippen MR) is 70.2 cm³/mol. The molecule has 3 rings (SSSR count). The van der Waals surface area contributed by atoms with Gasteiger partial charge >= 0.3 is 5.97 Å². The quantitative estimate of drug-likeness (QED) is 0.856. The number of nitrogens with zero attached hydrogens (tertiary/aromatic N) is 5. The lowest BCUT2D eigenvalue weighted by Gasteiger charge is -2.28. The van der Waals surface area contributed by atoms with Crippen molar-refractivity contribution in [1.82, 2.24) is 25.0 Å². The normalized spacial score (nSPS) is 18.0. The average Bonchev–Trinajstić information content (AvgIpc) is 2.94. The van der Waals surface area contributed by atoms with Gasteiger partial charge in [0.25, 0.3) is 0 Å². The second-order valence-corrected chi connectivity index (χ2v) is 5.10. The largest absolute Gasteiger partial charge is 0.480 e. The number of anilines is 1. The highest BCUT2D eigenvalue weighted by Crippen LogP contribution is 2.28. The van der Waals surface area contributed by atoms with Gasteiger partial charge in [-0.15, -0.1) is 5.10 Å². The lowest BCUT2D eigenvalue weighted by atomic mass is 9.84. The van der Waals surface area contributed by atoms with Crippen molar-refractivity contribution in [2.24, 2.45) is 5.92 Å². The lowest BCUT2D eigenvalue weighted by molar-refractivity contribution is -0.139. The maximum atomic E-state index is 11.5. The van der Waals surface area contributed by atoms with Crippen LogP contribution in [0.15, 0.2) is 12.4 Å². The third kappa shape index (κ3) is 2.40. The van der Waals surface area contributed by atoms with E-state index in [-0.39, 0.29) is 5.92 Å². The summed E-state index contributed by atoms with van der Waals surface area (Å²) in [7, 11) is 0. The highest BCUT2D eigenvalue weighted by molar-refractivity contribution is 5.77. The monoisotopic (exact) mass is 276 g/mol. The van der Waals surface area contributed by atoms with Gasteiger partial charge in [0.05, 0.1) is 12.4 Å². The first kappa shape index (κ1) is 12.8. The number of nitrogens with one attached hydrogen (secondary N) is 1. The van der Waals surface area contributed by atoms with Gasteiger partial charge in [-0.05, 0) is 29.2 Å². The Balaban J connectivity index is 1.85. The Morgan fingerprint density at radius 2 is 2.15 bits per heavy atom. The Hall–Kier alpha value is -2.25. The van der Waals surface area contributed by atoms with E-state index < -0.39 is 12.0 Å². The van der Waals surface area contributed by atoms with Gasteiger partial charge in [-0.1, -0.05) is 19.3 Å². The zero-order valence-electron chi connectivity index (χ0n) is 10.9. The molecular weight excluding hydrogens is 260 g/mol. The Morgan fingerprint density at radius 3 is 2.90 bits per heavy atom. The average molecular weight is 276 g/mol. The molecule has 1 aliphatic rings. The number of aromatic nitrogens is 5. The van der Waals surface area contributed by atoms with Crippen LogP contribution in [0.3, 0.4) is 0 Å². The summed E-state index contributed by atoms with van der Waals surface area (Å²) in [5.74, 6) is -0.208. The third-order valence-corrected chi connectivity index (χ3v) is 3.80. The fourth-order valence-corrected chi connectivity index (χ4v) is 2.78. The minimum Gasteiger partial charge on any atom is -0.480 e. The Kier molecular flexibility index (Phi) is 3.44. The Bertz CT molecular complexity index is 607. The number of fused-ring (bicyclic) bond motifs is 1. The first-order valence-corrected chi connectivity index (χ1v) is 6.77. The van der Waals surface area contributed by atoms with E-state index in [4.69, 9.17) is 0 Å². The van der Waals surface area contributed by atoms with Gasteiger partial charge in [-0.3, -0.25) is 4.98 Å². The summed E-state index contributed by atoms with van der Waals surface area (Å²) in [6.07, 6.45) is 8.30. The van der Waals surface area contributed by atoms with Crippen molar-refractivity contribution in [3.8, 4) is 0 Å². The number of carboxylic acid groups (broad SMARTS) is 1. The predicted octanol–water partition coefficient (Wildman–Crippen LogP) is 0.965. The third-order valence-electron chi connectivity index (χ3n) is 3.80. The van der Waals surface area contributed by atoms with Gasteiger partial charge in [-0.2, -0.15) is 4.52 Å². The van der Waals surface area contributed by atoms with Crippen LogP contribution in [0.5, 0.6) is 0 Å². The number of tetrazole rings is 1. The molecule has 2 N–H and O–H groups in total. The smallest absolute Gasteiger partial charge is 0.326 e. The summed E-state index contributed by atoms with van der Waals surface area (Å²) < 4.78 is 1.46. The van der Waals surface area contributed by atoms with Crippen LogP contribution in [0.4, 0.5) is 5.82 Å². The van der Waals surface area contributed by atoms with Gasteiger partial charge in [0.15, 0.2) is 11.5 Å². The van der Waals surface area contributed by atoms with E-state index in [0.29, 0.717) is 11.5 Å². The molecule has 1 saturated carbocycles. The van der Waals surface area contributed by atoms with Crippen molar-refractivity contribution in [3.05, 3.63) is 12.4 Å². The molecule has 1 fully saturated rings. The molecule has 1 atom stereocenters. The van der Waals surface area contributed by atoms with E-state index in [2.05, 4.69) is 25.8 Å². The fourth-order valence-electron chi connectivity index (χ4n) is 2.78. The molecule has 0 radical (unpaired) electrons. The van der Waals surface area contributed by atoms with Gasteiger partial charge in [0, 0.05) is 0 Å². The van der Waals surface area contributed by atoms with Gasteiger partial charge in [-0.25, -0.2) is 4.79 Å². The van der Waals surface area contributed by atoms with Crippen LogP contribution in [0, 0.1) is 5.92 Å². The van der Waals surface area contributed by atoms with Gasteiger partial charge in [0.1, 0.15) is 6.04 Å². The molecule has 8 nitrogen and oxygen atoms in total. The molecule has 2 aromatic heterocycles. The van der Waals surface area contributed by atoms with Crippen molar-refractivity contribution in [2.45, 2.75) is 38.1 Å². The van der Waals surface area contributed by atoms with Crippen LogP contribution in [0.2, 0.25) is 0 Å². The van der Waals surface area contributed by atoms with E-state index in [1.54, 1.807) is 6.20 Å². The second-order valence-electron chi connectivity index (χ2n) is 5.10. The number of aliphatic carboxylic acids is 1. The fraction of sp³-hybridized carbons (Fsp3) is 0.583. The van der Waals surface area contributed by atoms with E-state index >= 15 is 0 Å². The van der Waals surface area contributed by atoms with Crippen LogP contribution in [-0.4, -0.2) is 42.1 Å². The molecule has 20 heavy (non-hydrogen) atoms. The van der Waals surface area contributed by atoms with Crippen molar-refractivity contribution in [2.75, 3.05) is 5.32 Å². The summed E-state index contributed by atoms with van der Waals surface area (Å²) in [6, 6.07) is -0.633. The Labute approximate surface area is 115 Å². The maximum Gasteiger partial charge on any atom is 0.326 e. The highest BCUT2D eigenvalue weighted by Gasteiger charge is 2.30. The van der Waals surface area contributed by atoms with Crippen molar-refractivity contribution in [1.29, 1.82) is 0 Å². The van der Waals surface area contributed by atoms with E-state index in [1.807, 2.05) is 0 Å². The highest BCUT2D eigenvalue weighted by atomic mass is 16.4. The van der Waals surface area contributed by atoms with Crippen LogP contribution < -0.4 is 5.32 Å². The van der Waals surface area contributed by atoms with Gasteiger partial charge in [0.2, 0.25) is 0 Å². The first-order chi connectivity index (χ1) is 9.75. The number of rotatable bonds is 4. The summed E-state index contributed by atoms with van der Waals surface area (Å²) >= 11 is 0. The standard InChI is InChI=1S/C12H16N6O2/c19-12(20)11(8-4-2-1-3-5-8)14-9-6-13-7-10-15-16-17-18(9)10/h6-8,11,14H,1-5H2,(H,19,20). The summed E-state index contributed by atoms with van der Waals surface area (Å²) in [4.78, 5) is 15.6. The molecule has 0 bridgehead atoms. The van der Waals surface area contributed by atoms with Crippen LogP contribution in [0.25, 0.3) is 5.65 Å². The zero-order chi connectivity index (χ0) is 13.9. The zero-order valence-corrected chi connectivity index (χ0v) is 10.9. The molecule has 106 valence electrons. The molecule has 1 aliphatic carbocycles. The summed E-state index contributed by atoms with van der Waals surface area (Å²) in [5.41, 5.74) is 0.489. The molecule has 0 spiro atoms. The molecule has 2 heterocycles. The van der Waals surface area contributed by atoms with Crippen molar-refractivity contribution >= 4 is 17.4 Å². The van der Waals surface area contributed by atoms with Crippen LogP contribution >= 0.6 is 0 Å². The summed E-state index contributed by atoms with van der Waals surface area (Å²) in [5, 5.41) is 23.7. The van der Waals surface area contributed by atoms with E-state index in [9.17, 15) is 9.90 Å². The molecule has 8 heteroatoms. The van der Waals surface area contributed by atoms with E-state index in [1.165, 1.54) is 17.1 Å². The second kappa shape index (κ2) is 5.40. The molecule has 1 unspecified atom stereocenters. The molecular formula is C12H16N6O2. The number of carboxylic acids is 1. The molecule has 0 aliphatic heterocycles. The number of hydrogen-bond acceptors (Lipinski definition) is 6. The summed E-state index contributed by atoms with van der Waals surface area (Å²) in [6.45, 7) is 0. The molecule has 2 aromatic rings. The molecule has 0 aromatic carbocycles.